The van der Waals surface area contributed by atoms with Gasteiger partial charge in [0.05, 0.1) is 5.56 Å². The molecule has 1 aliphatic rings. The molecule has 4 heteroatoms. The number of hydrogen-bond acceptors (Lipinski definition) is 2. The Balaban J connectivity index is 1.67. The minimum Gasteiger partial charge on any atom is -0.478 e. The molecule has 0 amide bonds. The average Bonchev–Trinajstić information content (AvgIpc) is 3.08. The van der Waals surface area contributed by atoms with Gasteiger partial charge in [-0.2, -0.15) is 0 Å². The summed E-state index contributed by atoms with van der Waals surface area (Å²) in [5.41, 5.74) is 6.89. The molecule has 3 aromatic rings. The predicted octanol–water partition coefficient (Wildman–Crippen LogP) is 5.07. The first-order valence-electron chi connectivity index (χ1n) is 9.41. The number of carboxylic acids is 1. The third-order valence-electron chi connectivity index (χ3n) is 5.93. The van der Waals surface area contributed by atoms with Gasteiger partial charge in [-0.25, -0.2) is 4.79 Å². The second-order valence-electron chi connectivity index (χ2n) is 8.48. The van der Waals surface area contributed by atoms with Crippen molar-refractivity contribution in [3.63, 3.8) is 0 Å². The molecule has 0 saturated carbocycles. The number of aromatic carboxylic acids is 1. The molecular weight excluding hydrogens is 336 g/mol. The van der Waals surface area contributed by atoms with Gasteiger partial charge >= 0.3 is 5.97 Å². The van der Waals surface area contributed by atoms with Gasteiger partial charge in [0.2, 0.25) is 0 Å². The number of rotatable bonds is 4. The lowest BCUT2D eigenvalue weighted by Gasteiger charge is -2.55. The third-order valence-corrected chi connectivity index (χ3v) is 5.93. The van der Waals surface area contributed by atoms with Crippen molar-refractivity contribution >= 4 is 16.9 Å². The Morgan fingerprint density at radius 3 is 2.52 bits per heavy atom. The zero-order valence-corrected chi connectivity index (χ0v) is 16.3. The van der Waals surface area contributed by atoms with Crippen molar-refractivity contribution in [1.82, 2.24) is 9.88 Å². The SMILES string of the molecule is Cc1cc(C)c2[nH]ccc2c1CN1CC(C)(C)[C@H]1c1ccc(C(=O)O)cc1. The highest BCUT2D eigenvalue weighted by Crippen LogP contribution is 2.49. The van der Waals surface area contributed by atoms with Gasteiger partial charge in [0.25, 0.3) is 0 Å². The van der Waals surface area contributed by atoms with Crippen molar-refractivity contribution in [3.8, 4) is 0 Å². The summed E-state index contributed by atoms with van der Waals surface area (Å²) in [6.07, 6.45) is 2.02. The summed E-state index contributed by atoms with van der Waals surface area (Å²) in [6, 6.07) is 12.1. The fourth-order valence-corrected chi connectivity index (χ4v) is 4.76. The van der Waals surface area contributed by atoms with Crippen molar-refractivity contribution < 1.29 is 9.90 Å². The maximum absolute atomic E-state index is 11.1. The fraction of sp³-hybridized carbons (Fsp3) is 0.348. The summed E-state index contributed by atoms with van der Waals surface area (Å²) < 4.78 is 0. The zero-order valence-electron chi connectivity index (χ0n) is 16.3. The Labute approximate surface area is 159 Å². The molecule has 1 aliphatic heterocycles. The Morgan fingerprint density at radius 2 is 1.89 bits per heavy atom. The monoisotopic (exact) mass is 362 g/mol. The molecule has 0 aliphatic carbocycles. The second-order valence-corrected chi connectivity index (χ2v) is 8.48. The Hall–Kier alpha value is -2.59. The maximum Gasteiger partial charge on any atom is 0.335 e. The van der Waals surface area contributed by atoms with E-state index in [2.05, 4.69) is 49.7 Å². The Kier molecular flexibility index (Phi) is 4.11. The number of benzene rings is 2. The fourth-order valence-electron chi connectivity index (χ4n) is 4.76. The maximum atomic E-state index is 11.1. The van der Waals surface area contributed by atoms with E-state index in [9.17, 15) is 4.79 Å². The molecule has 2 N–H and O–H groups in total. The Morgan fingerprint density at radius 1 is 1.19 bits per heavy atom. The molecule has 4 nitrogen and oxygen atoms in total. The van der Waals surface area contributed by atoms with E-state index in [0.29, 0.717) is 5.56 Å². The van der Waals surface area contributed by atoms with Crippen LogP contribution in [0.4, 0.5) is 0 Å². The van der Waals surface area contributed by atoms with Gasteiger partial charge in [-0.1, -0.05) is 32.0 Å². The molecular formula is C23H26N2O2. The van der Waals surface area contributed by atoms with E-state index >= 15 is 0 Å². The zero-order chi connectivity index (χ0) is 19.3. The first-order chi connectivity index (χ1) is 12.8. The highest BCUT2D eigenvalue weighted by atomic mass is 16.4. The van der Waals surface area contributed by atoms with Crippen molar-refractivity contribution in [2.75, 3.05) is 6.54 Å². The van der Waals surface area contributed by atoms with Crippen LogP contribution in [0.2, 0.25) is 0 Å². The van der Waals surface area contributed by atoms with Crippen molar-refractivity contribution in [3.05, 3.63) is 70.4 Å². The van der Waals surface area contributed by atoms with Crippen LogP contribution in [0.1, 0.15) is 52.5 Å². The summed E-state index contributed by atoms with van der Waals surface area (Å²) in [6.45, 7) is 10.8. The molecule has 0 radical (unpaired) electrons. The number of fused-ring (bicyclic) bond motifs is 1. The minimum absolute atomic E-state index is 0.167. The van der Waals surface area contributed by atoms with Gasteiger partial charge in [-0.05, 0) is 59.7 Å². The molecule has 1 aromatic heterocycles. The van der Waals surface area contributed by atoms with E-state index in [0.717, 1.165) is 13.1 Å². The molecule has 140 valence electrons. The highest BCUT2D eigenvalue weighted by molar-refractivity contribution is 5.88. The van der Waals surface area contributed by atoms with Gasteiger partial charge in [-0.15, -0.1) is 0 Å². The summed E-state index contributed by atoms with van der Waals surface area (Å²) in [5, 5.41) is 10.5. The molecule has 0 spiro atoms. The van der Waals surface area contributed by atoms with Crippen LogP contribution in [0, 0.1) is 19.3 Å². The summed E-state index contributed by atoms with van der Waals surface area (Å²) in [7, 11) is 0. The molecule has 0 unspecified atom stereocenters. The van der Waals surface area contributed by atoms with E-state index < -0.39 is 5.97 Å². The number of nitrogens with zero attached hydrogens (tertiary/aromatic N) is 1. The number of carbonyl (C=O) groups is 1. The minimum atomic E-state index is -0.878. The van der Waals surface area contributed by atoms with Gasteiger partial charge in [0, 0.05) is 36.2 Å². The van der Waals surface area contributed by atoms with Crippen LogP contribution in [0.5, 0.6) is 0 Å². The lowest BCUT2D eigenvalue weighted by molar-refractivity contribution is -0.0586. The number of hydrogen-bond donors (Lipinski definition) is 2. The molecule has 1 saturated heterocycles. The molecule has 4 rings (SSSR count). The Bertz CT molecular complexity index is 1010. The molecule has 27 heavy (non-hydrogen) atoms. The number of H-pyrrole nitrogens is 1. The van der Waals surface area contributed by atoms with E-state index in [1.165, 1.54) is 33.2 Å². The number of likely N-dealkylation sites (tertiary alicyclic amines) is 1. The second kappa shape index (κ2) is 6.24. The van der Waals surface area contributed by atoms with Crippen molar-refractivity contribution in [2.24, 2.45) is 5.41 Å². The van der Waals surface area contributed by atoms with Crippen LogP contribution in [-0.4, -0.2) is 27.5 Å². The standard InChI is InChI=1S/C23H26N2O2/c1-14-11-15(2)20-18(9-10-24-20)19(14)12-25-13-23(3,4)21(25)16-5-7-17(8-6-16)22(26)27/h5-11,21,24H,12-13H2,1-4H3,(H,26,27)/t21-/m1/s1. The van der Waals surface area contributed by atoms with E-state index in [-0.39, 0.29) is 11.5 Å². The van der Waals surface area contributed by atoms with Crippen LogP contribution >= 0.6 is 0 Å². The number of aryl methyl sites for hydroxylation is 2. The molecule has 1 fully saturated rings. The van der Waals surface area contributed by atoms with E-state index in [1.807, 2.05) is 18.3 Å². The van der Waals surface area contributed by atoms with Crippen molar-refractivity contribution in [2.45, 2.75) is 40.3 Å². The van der Waals surface area contributed by atoms with Crippen molar-refractivity contribution in [1.29, 1.82) is 0 Å². The first kappa shape index (κ1) is 17.8. The van der Waals surface area contributed by atoms with E-state index in [4.69, 9.17) is 5.11 Å². The number of carboxylic acid groups (broad SMARTS) is 1. The summed E-state index contributed by atoms with van der Waals surface area (Å²) in [4.78, 5) is 17.0. The topological polar surface area (TPSA) is 56.3 Å². The van der Waals surface area contributed by atoms with Crippen LogP contribution in [0.15, 0.2) is 42.6 Å². The molecule has 2 aromatic carbocycles. The predicted molar refractivity (Wildman–Crippen MR) is 108 cm³/mol. The summed E-state index contributed by atoms with van der Waals surface area (Å²) >= 11 is 0. The highest BCUT2D eigenvalue weighted by Gasteiger charge is 2.46. The van der Waals surface area contributed by atoms with Crippen LogP contribution in [-0.2, 0) is 6.54 Å². The molecule has 1 atom stereocenters. The largest absolute Gasteiger partial charge is 0.478 e. The average molecular weight is 362 g/mol. The van der Waals surface area contributed by atoms with Gasteiger partial charge in [0.15, 0.2) is 0 Å². The van der Waals surface area contributed by atoms with Crippen LogP contribution in [0.25, 0.3) is 10.9 Å². The number of aromatic nitrogens is 1. The normalized spacial score (nSPS) is 19.2. The van der Waals surface area contributed by atoms with E-state index in [1.54, 1.807) is 12.1 Å². The van der Waals surface area contributed by atoms with Gasteiger partial charge in [0.1, 0.15) is 0 Å². The van der Waals surface area contributed by atoms with Crippen LogP contribution in [0.3, 0.4) is 0 Å². The van der Waals surface area contributed by atoms with Gasteiger partial charge in [-0.3, -0.25) is 4.90 Å². The lowest BCUT2D eigenvalue weighted by Crippen LogP contribution is -2.54. The smallest absolute Gasteiger partial charge is 0.335 e. The third kappa shape index (κ3) is 2.94. The summed E-state index contributed by atoms with van der Waals surface area (Å²) in [5.74, 6) is -0.878. The number of nitrogens with one attached hydrogen (secondary N) is 1. The first-order valence-corrected chi connectivity index (χ1v) is 9.41. The quantitative estimate of drug-likeness (QED) is 0.681. The number of aromatic amines is 1. The molecule has 0 bridgehead atoms. The van der Waals surface area contributed by atoms with Crippen LogP contribution < -0.4 is 0 Å². The van der Waals surface area contributed by atoms with Gasteiger partial charge < -0.3 is 10.1 Å². The lowest BCUT2D eigenvalue weighted by atomic mass is 9.71. The molecule has 2 heterocycles.